The van der Waals surface area contributed by atoms with Crippen molar-refractivity contribution in [3.05, 3.63) is 29.8 Å². The Labute approximate surface area is 152 Å². The van der Waals surface area contributed by atoms with Gasteiger partial charge < -0.3 is 20.3 Å². The highest BCUT2D eigenvalue weighted by Gasteiger charge is 2.18. The van der Waals surface area contributed by atoms with Gasteiger partial charge in [-0.25, -0.2) is 4.99 Å². The lowest BCUT2D eigenvalue weighted by atomic mass is 10.2. The molecule has 0 spiro atoms. The van der Waals surface area contributed by atoms with Crippen LogP contribution in [0.5, 0.6) is 5.75 Å². The predicted octanol–water partition coefficient (Wildman–Crippen LogP) is 1.39. The van der Waals surface area contributed by atoms with Crippen LogP contribution in [0.25, 0.3) is 0 Å². The number of hydrogen-bond donors (Lipinski definition) is 2. The van der Waals surface area contributed by atoms with Crippen molar-refractivity contribution in [2.45, 2.75) is 26.4 Å². The van der Waals surface area contributed by atoms with Crippen LogP contribution in [-0.4, -0.2) is 75.2 Å². The van der Waals surface area contributed by atoms with Gasteiger partial charge in [-0.2, -0.15) is 0 Å². The monoisotopic (exact) mass is 347 g/mol. The van der Waals surface area contributed by atoms with Crippen molar-refractivity contribution in [3.63, 3.8) is 0 Å². The second kappa shape index (κ2) is 10.3. The topological polar surface area (TPSA) is 52.1 Å². The van der Waals surface area contributed by atoms with Crippen LogP contribution in [0.3, 0.4) is 0 Å². The van der Waals surface area contributed by atoms with Crippen LogP contribution in [0.2, 0.25) is 0 Å². The third-order valence-electron chi connectivity index (χ3n) is 4.65. The number of nitrogens with zero attached hydrogens (tertiary/aromatic N) is 3. The van der Waals surface area contributed by atoms with Crippen molar-refractivity contribution in [2.75, 3.05) is 53.4 Å². The molecule has 1 aromatic carbocycles. The molecule has 2 rings (SSSR count). The molecule has 1 aliphatic rings. The molecule has 140 valence electrons. The number of methoxy groups -OCH3 is 1. The maximum atomic E-state index is 5.19. The average Bonchev–Trinajstić information content (AvgIpc) is 2.64. The molecular weight excluding hydrogens is 314 g/mol. The summed E-state index contributed by atoms with van der Waals surface area (Å²) < 4.78 is 5.19. The van der Waals surface area contributed by atoms with Crippen molar-refractivity contribution in [2.24, 2.45) is 4.99 Å². The first-order valence-corrected chi connectivity index (χ1v) is 9.20. The van der Waals surface area contributed by atoms with Gasteiger partial charge in [-0.05, 0) is 38.6 Å². The number of aliphatic imine (C=N–C) groups is 1. The summed E-state index contributed by atoms with van der Waals surface area (Å²) in [6.45, 7) is 11.4. The SMILES string of the molecule is CCNC(=NCc1ccc(OC)cc1)NCC(C)N1CCN(C)CC1. The normalized spacial score (nSPS) is 18.0. The van der Waals surface area contributed by atoms with Crippen molar-refractivity contribution in [3.8, 4) is 5.75 Å². The van der Waals surface area contributed by atoms with Crippen molar-refractivity contribution < 1.29 is 4.74 Å². The van der Waals surface area contributed by atoms with E-state index >= 15 is 0 Å². The molecule has 0 bridgehead atoms. The van der Waals surface area contributed by atoms with Gasteiger partial charge in [-0.3, -0.25) is 4.90 Å². The summed E-state index contributed by atoms with van der Waals surface area (Å²) >= 11 is 0. The van der Waals surface area contributed by atoms with Gasteiger partial charge >= 0.3 is 0 Å². The molecule has 1 fully saturated rings. The summed E-state index contributed by atoms with van der Waals surface area (Å²) in [5, 5.41) is 6.81. The Morgan fingerprint density at radius 1 is 1.16 bits per heavy atom. The summed E-state index contributed by atoms with van der Waals surface area (Å²) in [7, 11) is 3.87. The smallest absolute Gasteiger partial charge is 0.191 e. The fourth-order valence-corrected chi connectivity index (χ4v) is 2.88. The minimum absolute atomic E-state index is 0.499. The Morgan fingerprint density at radius 3 is 2.44 bits per heavy atom. The molecule has 1 aromatic rings. The van der Waals surface area contributed by atoms with Crippen LogP contribution < -0.4 is 15.4 Å². The molecule has 1 unspecified atom stereocenters. The highest BCUT2D eigenvalue weighted by Crippen LogP contribution is 2.11. The number of benzene rings is 1. The maximum absolute atomic E-state index is 5.19. The Hall–Kier alpha value is -1.79. The Kier molecular flexibility index (Phi) is 8.01. The van der Waals surface area contributed by atoms with Gasteiger partial charge in [-0.1, -0.05) is 12.1 Å². The summed E-state index contributed by atoms with van der Waals surface area (Å²) in [4.78, 5) is 9.62. The predicted molar refractivity (Wildman–Crippen MR) is 104 cm³/mol. The molecular formula is C19H33N5O. The molecule has 1 heterocycles. The van der Waals surface area contributed by atoms with Crippen molar-refractivity contribution in [1.29, 1.82) is 0 Å². The number of likely N-dealkylation sites (N-methyl/N-ethyl adjacent to an activating group) is 1. The largest absolute Gasteiger partial charge is 0.497 e. The lowest BCUT2D eigenvalue weighted by Crippen LogP contribution is -2.52. The van der Waals surface area contributed by atoms with Gasteiger partial charge in [0.05, 0.1) is 13.7 Å². The summed E-state index contributed by atoms with van der Waals surface area (Å²) in [6, 6.07) is 8.55. The van der Waals surface area contributed by atoms with Crippen LogP contribution in [0.15, 0.2) is 29.3 Å². The third-order valence-corrected chi connectivity index (χ3v) is 4.65. The van der Waals surface area contributed by atoms with Gasteiger partial charge in [0.2, 0.25) is 0 Å². The van der Waals surface area contributed by atoms with E-state index in [9.17, 15) is 0 Å². The number of nitrogens with one attached hydrogen (secondary N) is 2. The van der Waals surface area contributed by atoms with E-state index in [0.717, 1.165) is 51.0 Å². The fourth-order valence-electron chi connectivity index (χ4n) is 2.88. The van der Waals surface area contributed by atoms with Crippen LogP contribution in [-0.2, 0) is 6.54 Å². The van der Waals surface area contributed by atoms with Gasteiger partial charge in [-0.15, -0.1) is 0 Å². The average molecular weight is 348 g/mol. The molecule has 0 aromatic heterocycles. The van der Waals surface area contributed by atoms with E-state index in [1.165, 1.54) is 5.56 Å². The van der Waals surface area contributed by atoms with Crippen LogP contribution >= 0.6 is 0 Å². The molecule has 0 amide bonds. The first kappa shape index (κ1) is 19.5. The van der Waals surface area contributed by atoms with E-state index in [1.54, 1.807) is 7.11 Å². The second-order valence-corrected chi connectivity index (χ2v) is 6.61. The maximum Gasteiger partial charge on any atom is 0.191 e. The number of piperazine rings is 1. The Balaban J connectivity index is 1.84. The third kappa shape index (κ3) is 6.55. The van der Waals surface area contributed by atoms with E-state index in [2.05, 4.69) is 53.5 Å². The highest BCUT2D eigenvalue weighted by atomic mass is 16.5. The molecule has 1 aliphatic heterocycles. The summed E-state index contributed by atoms with van der Waals surface area (Å²) in [6.07, 6.45) is 0. The van der Waals surface area contributed by atoms with E-state index in [-0.39, 0.29) is 0 Å². The fraction of sp³-hybridized carbons (Fsp3) is 0.632. The van der Waals surface area contributed by atoms with Crippen LogP contribution in [0, 0.1) is 0 Å². The summed E-state index contributed by atoms with van der Waals surface area (Å²) in [5.41, 5.74) is 1.17. The van der Waals surface area contributed by atoms with Crippen LogP contribution in [0.4, 0.5) is 0 Å². The molecule has 25 heavy (non-hydrogen) atoms. The van der Waals surface area contributed by atoms with Gasteiger partial charge in [0, 0.05) is 45.3 Å². The van der Waals surface area contributed by atoms with E-state index < -0.39 is 0 Å². The first-order chi connectivity index (χ1) is 12.1. The number of hydrogen-bond acceptors (Lipinski definition) is 4. The lowest BCUT2D eigenvalue weighted by Gasteiger charge is -2.36. The molecule has 6 heteroatoms. The zero-order valence-corrected chi connectivity index (χ0v) is 16.1. The van der Waals surface area contributed by atoms with Crippen LogP contribution in [0.1, 0.15) is 19.4 Å². The summed E-state index contributed by atoms with van der Waals surface area (Å²) in [5.74, 6) is 1.75. The standard InChI is InChI=1S/C19H33N5O/c1-5-20-19(22-15-17-6-8-18(25-4)9-7-17)21-14-16(2)24-12-10-23(3)11-13-24/h6-9,16H,5,10-15H2,1-4H3,(H2,20,21,22). The number of rotatable bonds is 7. The van der Waals surface area contributed by atoms with Crippen molar-refractivity contribution in [1.82, 2.24) is 20.4 Å². The molecule has 0 saturated carbocycles. The number of ether oxygens (including phenoxy) is 1. The van der Waals surface area contributed by atoms with E-state index in [1.807, 2.05) is 12.1 Å². The second-order valence-electron chi connectivity index (χ2n) is 6.61. The van der Waals surface area contributed by atoms with E-state index in [0.29, 0.717) is 12.6 Å². The van der Waals surface area contributed by atoms with E-state index in [4.69, 9.17) is 9.73 Å². The minimum Gasteiger partial charge on any atom is -0.497 e. The molecule has 1 saturated heterocycles. The molecule has 0 aliphatic carbocycles. The number of guanidine groups is 1. The zero-order chi connectivity index (χ0) is 18.1. The quantitative estimate of drug-likeness (QED) is 0.577. The molecule has 2 N–H and O–H groups in total. The zero-order valence-electron chi connectivity index (χ0n) is 16.1. The minimum atomic E-state index is 0.499. The Morgan fingerprint density at radius 2 is 1.84 bits per heavy atom. The molecule has 0 radical (unpaired) electrons. The molecule has 1 atom stereocenters. The van der Waals surface area contributed by atoms with Gasteiger partial charge in [0.15, 0.2) is 5.96 Å². The van der Waals surface area contributed by atoms with Crippen molar-refractivity contribution >= 4 is 5.96 Å². The highest BCUT2D eigenvalue weighted by molar-refractivity contribution is 5.79. The molecule has 6 nitrogen and oxygen atoms in total. The lowest BCUT2D eigenvalue weighted by molar-refractivity contribution is 0.120. The van der Waals surface area contributed by atoms with Gasteiger partial charge in [0.25, 0.3) is 0 Å². The Bertz CT molecular complexity index is 523. The first-order valence-electron chi connectivity index (χ1n) is 9.20. The van der Waals surface area contributed by atoms with Gasteiger partial charge in [0.1, 0.15) is 5.75 Å².